The molecule has 0 aliphatic rings. The first-order valence-electron chi connectivity index (χ1n) is 5.36. The number of rotatable bonds is 4. The van der Waals surface area contributed by atoms with Crippen LogP contribution in [0, 0.1) is 0 Å². The van der Waals surface area contributed by atoms with Crippen molar-refractivity contribution in [3.63, 3.8) is 0 Å². The molecular formula is C13H14ClNOS. The molecule has 1 heterocycles. The molecule has 2 N–H and O–H groups in total. The molecule has 0 saturated heterocycles. The fraction of sp³-hybridized carbons (Fsp3) is 0.231. The van der Waals surface area contributed by atoms with Crippen molar-refractivity contribution < 1.29 is 4.74 Å². The standard InChI is InChI=1S/C13H14ClNOS/c1-9(13(15)10-5-6-17-8-10)16-12-4-2-3-11(14)7-12/h2-9,13H,15H2,1H3. The van der Waals surface area contributed by atoms with Crippen molar-refractivity contribution in [2.75, 3.05) is 0 Å². The number of benzene rings is 1. The van der Waals surface area contributed by atoms with Crippen LogP contribution in [0.5, 0.6) is 5.75 Å². The fourth-order valence-corrected chi connectivity index (χ4v) is 2.45. The number of thiophene rings is 1. The minimum absolute atomic E-state index is 0.0944. The van der Waals surface area contributed by atoms with E-state index < -0.39 is 0 Å². The molecule has 0 saturated carbocycles. The Morgan fingerprint density at radius 2 is 2.18 bits per heavy atom. The number of halogens is 1. The lowest BCUT2D eigenvalue weighted by molar-refractivity contribution is 0.190. The molecule has 90 valence electrons. The predicted octanol–water partition coefficient (Wildman–Crippen LogP) is 3.87. The topological polar surface area (TPSA) is 35.2 Å². The molecule has 1 aromatic carbocycles. The second-order valence-electron chi connectivity index (χ2n) is 3.86. The molecule has 4 heteroatoms. The Balaban J connectivity index is 2.04. The molecule has 2 nitrogen and oxygen atoms in total. The molecule has 0 radical (unpaired) electrons. The molecule has 2 unspecified atom stereocenters. The zero-order chi connectivity index (χ0) is 12.3. The fourth-order valence-electron chi connectivity index (χ4n) is 1.56. The van der Waals surface area contributed by atoms with E-state index in [1.165, 1.54) is 0 Å². The van der Waals surface area contributed by atoms with Gasteiger partial charge in [-0.15, -0.1) is 0 Å². The van der Waals surface area contributed by atoms with E-state index in [4.69, 9.17) is 22.1 Å². The van der Waals surface area contributed by atoms with Gasteiger partial charge < -0.3 is 10.5 Å². The van der Waals surface area contributed by atoms with Crippen LogP contribution in [0.3, 0.4) is 0 Å². The summed E-state index contributed by atoms with van der Waals surface area (Å²) < 4.78 is 5.78. The minimum atomic E-state index is -0.125. The highest BCUT2D eigenvalue weighted by atomic mass is 35.5. The van der Waals surface area contributed by atoms with E-state index in [0.29, 0.717) is 5.02 Å². The highest BCUT2D eigenvalue weighted by molar-refractivity contribution is 7.07. The van der Waals surface area contributed by atoms with Gasteiger partial charge in [0.1, 0.15) is 11.9 Å². The minimum Gasteiger partial charge on any atom is -0.489 e. The second kappa shape index (κ2) is 5.54. The summed E-state index contributed by atoms with van der Waals surface area (Å²) in [4.78, 5) is 0. The highest BCUT2D eigenvalue weighted by Gasteiger charge is 2.16. The number of hydrogen-bond acceptors (Lipinski definition) is 3. The van der Waals surface area contributed by atoms with Gasteiger partial charge in [0.25, 0.3) is 0 Å². The maximum Gasteiger partial charge on any atom is 0.121 e. The molecule has 2 rings (SSSR count). The first kappa shape index (κ1) is 12.4. The third-order valence-electron chi connectivity index (χ3n) is 2.55. The first-order chi connectivity index (χ1) is 8.16. The number of hydrogen-bond donors (Lipinski definition) is 1. The quantitative estimate of drug-likeness (QED) is 0.913. The lowest BCUT2D eigenvalue weighted by atomic mass is 10.1. The van der Waals surface area contributed by atoms with Gasteiger partial charge in [-0.3, -0.25) is 0 Å². The first-order valence-corrected chi connectivity index (χ1v) is 6.69. The second-order valence-corrected chi connectivity index (χ2v) is 5.08. The van der Waals surface area contributed by atoms with Gasteiger partial charge in [0, 0.05) is 5.02 Å². The largest absolute Gasteiger partial charge is 0.489 e. The zero-order valence-electron chi connectivity index (χ0n) is 9.47. The molecular weight excluding hydrogens is 254 g/mol. The van der Waals surface area contributed by atoms with Crippen LogP contribution >= 0.6 is 22.9 Å². The molecule has 1 aromatic heterocycles. The van der Waals surface area contributed by atoms with Crippen molar-refractivity contribution in [3.8, 4) is 5.75 Å². The lowest BCUT2D eigenvalue weighted by Gasteiger charge is -2.20. The molecule has 0 bridgehead atoms. The Bertz CT molecular complexity index is 472. The monoisotopic (exact) mass is 267 g/mol. The Kier molecular flexibility index (Phi) is 4.05. The van der Waals surface area contributed by atoms with Gasteiger partial charge >= 0.3 is 0 Å². The average molecular weight is 268 g/mol. The van der Waals surface area contributed by atoms with Crippen molar-refractivity contribution in [1.29, 1.82) is 0 Å². The summed E-state index contributed by atoms with van der Waals surface area (Å²) in [7, 11) is 0. The summed E-state index contributed by atoms with van der Waals surface area (Å²) >= 11 is 7.54. The van der Waals surface area contributed by atoms with Crippen molar-refractivity contribution in [1.82, 2.24) is 0 Å². The van der Waals surface area contributed by atoms with Crippen molar-refractivity contribution >= 4 is 22.9 Å². The van der Waals surface area contributed by atoms with Crippen LogP contribution < -0.4 is 10.5 Å². The molecule has 0 aliphatic heterocycles. The lowest BCUT2D eigenvalue weighted by Crippen LogP contribution is -2.28. The molecule has 2 atom stereocenters. The predicted molar refractivity (Wildman–Crippen MR) is 72.8 cm³/mol. The van der Waals surface area contributed by atoms with E-state index >= 15 is 0 Å². The van der Waals surface area contributed by atoms with E-state index in [1.54, 1.807) is 17.4 Å². The molecule has 0 aliphatic carbocycles. The Morgan fingerprint density at radius 1 is 1.35 bits per heavy atom. The molecule has 0 fully saturated rings. The van der Waals surface area contributed by atoms with Crippen LogP contribution in [0.25, 0.3) is 0 Å². The number of ether oxygens (including phenoxy) is 1. The van der Waals surface area contributed by atoms with Crippen molar-refractivity contribution in [3.05, 3.63) is 51.7 Å². The molecule has 17 heavy (non-hydrogen) atoms. The van der Waals surface area contributed by atoms with Gasteiger partial charge in [0.2, 0.25) is 0 Å². The Labute approximate surface area is 110 Å². The van der Waals surface area contributed by atoms with Crippen LogP contribution in [-0.2, 0) is 0 Å². The van der Waals surface area contributed by atoms with Crippen molar-refractivity contribution in [2.45, 2.75) is 19.1 Å². The summed E-state index contributed by atoms with van der Waals surface area (Å²) in [5.74, 6) is 0.746. The summed E-state index contributed by atoms with van der Waals surface area (Å²) in [6, 6.07) is 9.24. The van der Waals surface area contributed by atoms with Gasteiger partial charge in [-0.1, -0.05) is 17.7 Å². The molecule has 0 spiro atoms. The van der Waals surface area contributed by atoms with Crippen LogP contribution in [-0.4, -0.2) is 6.10 Å². The Hall–Kier alpha value is -1.03. The van der Waals surface area contributed by atoms with E-state index in [2.05, 4.69) is 0 Å². The molecule has 2 aromatic rings. The van der Waals surface area contributed by atoms with E-state index in [1.807, 2.05) is 41.9 Å². The van der Waals surface area contributed by atoms with Crippen LogP contribution in [0.15, 0.2) is 41.1 Å². The smallest absolute Gasteiger partial charge is 0.121 e. The summed E-state index contributed by atoms with van der Waals surface area (Å²) in [5, 5.41) is 4.72. The van der Waals surface area contributed by atoms with Gasteiger partial charge in [-0.2, -0.15) is 11.3 Å². The SMILES string of the molecule is CC(Oc1cccc(Cl)c1)C(N)c1ccsc1. The third kappa shape index (κ3) is 3.22. The normalized spacial score (nSPS) is 14.3. The summed E-state index contributed by atoms with van der Waals surface area (Å²) in [6.07, 6.45) is -0.0944. The van der Waals surface area contributed by atoms with Crippen LogP contribution in [0.4, 0.5) is 0 Å². The van der Waals surface area contributed by atoms with E-state index in [0.717, 1.165) is 11.3 Å². The van der Waals surface area contributed by atoms with Crippen LogP contribution in [0.2, 0.25) is 5.02 Å². The maximum absolute atomic E-state index is 6.12. The number of nitrogens with two attached hydrogens (primary N) is 1. The summed E-state index contributed by atoms with van der Waals surface area (Å²) in [6.45, 7) is 1.96. The summed E-state index contributed by atoms with van der Waals surface area (Å²) in [5.41, 5.74) is 7.22. The molecule has 0 amide bonds. The third-order valence-corrected chi connectivity index (χ3v) is 3.49. The van der Waals surface area contributed by atoms with E-state index in [-0.39, 0.29) is 12.1 Å². The van der Waals surface area contributed by atoms with E-state index in [9.17, 15) is 0 Å². The van der Waals surface area contributed by atoms with Gasteiger partial charge in [-0.25, -0.2) is 0 Å². The maximum atomic E-state index is 6.12. The average Bonchev–Trinajstić information content (AvgIpc) is 2.81. The van der Waals surface area contributed by atoms with Crippen molar-refractivity contribution in [2.24, 2.45) is 5.73 Å². The van der Waals surface area contributed by atoms with Gasteiger partial charge in [0.15, 0.2) is 0 Å². The van der Waals surface area contributed by atoms with Gasteiger partial charge in [0.05, 0.1) is 6.04 Å². The van der Waals surface area contributed by atoms with Gasteiger partial charge in [-0.05, 0) is 47.5 Å². The highest BCUT2D eigenvalue weighted by Crippen LogP contribution is 2.23. The van der Waals surface area contributed by atoms with Crippen LogP contribution in [0.1, 0.15) is 18.5 Å². The Morgan fingerprint density at radius 3 is 2.82 bits per heavy atom. The zero-order valence-corrected chi connectivity index (χ0v) is 11.0.